The van der Waals surface area contributed by atoms with Gasteiger partial charge < -0.3 is 10.1 Å². The first kappa shape index (κ1) is 12.5. The van der Waals surface area contributed by atoms with Gasteiger partial charge in [-0.1, -0.05) is 5.16 Å². The molecule has 76 valence electrons. The quantitative estimate of drug-likeness (QED) is 0.252. The van der Waals surface area contributed by atoms with Gasteiger partial charge in [-0.25, -0.2) is 0 Å². The molecule has 0 atom stereocenters. The number of amidine groups is 1. The smallest absolute Gasteiger partial charge is 0.211 e. The summed E-state index contributed by atoms with van der Waals surface area (Å²) >= 11 is 11.0. The summed E-state index contributed by atoms with van der Waals surface area (Å²) in [5.41, 5.74) is 0. The van der Waals surface area contributed by atoms with Crippen LogP contribution in [0.2, 0.25) is 0 Å². The van der Waals surface area contributed by atoms with E-state index in [0.717, 1.165) is 0 Å². The minimum Gasteiger partial charge on any atom is -0.409 e. The number of nitrogens with zero attached hydrogens (tertiary/aromatic N) is 2. The molecule has 0 aliphatic carbocycles. The van der Waals surface area contributed by atoms with Crippen LogP contribution in [-0.2, 0) is 4.79 Å². The normalized spacial score (nSPS) is 11.5. The topological polar surface area (TPSA) is 52.9 Å². The van der Waals surface area contributed by atoms with Gasteiger partial charge in [-0.3, -0.25) is 4.79 Å². The second-order valence-electron chi connectivity index (χ2n) is 2.34. The Morgan fingerprint density at radius 2 is 1.85 bits per heavy atom. The fourth-order valence-corrected chi connectivity index (χ4v) is 1.29. The fourth-order valence-electron chi connectivity index (χ4n) is 0.884. The van der Waals surface area contributed by atoms with Crippen molar-refractivity contribution in [1.29, 1.82) is 0 Å². The molecule has 0 spiro atoms. The minimum atomic E-state index is -0.308. The summed E-state index contributed by atoms with van der Waals surface area (Å²) in [4.78, 5) is 12.5. The summed E-state index contributed by atoms with van der Waals surface area (Å²) in [6.45, 7) is 2.20. The Hall–Kier alpha value is -0.480. The van der Waals surface area contributed by atoms with Gasteiger partial charge in [0.25, 0.3) is 0 Å². The maximum atomic E-state index is 10.9. The first-order valence-electron chi connectivity index (χ1n) is 3.77. The van der Waals surface area contributed by atoms with Crippen LogP contribution in [0.25, 0.3) is 0 Å². The predicted octanol–water partition coefficient (Wildman–Crippen LogP) is 1.14. The molecule has 0 saturated heterocycles. The van der Waals surface area contributed by atoms with Crippen molar-refractivity contribution in [3.05, 3.63) is 0 Å². The predicted molar refractivity (Wildman–Crippen MR) is 52.9 cm³/mol. The molecule has 0 rings (SSSR count). The third-order valence-corrected chi connectivity index (χ3v) is 1.76. The Bertz CT molecular complexity index is 191. The van der Waals surface area contributed by atoms with Gasteiger partial charge in [0.05, 0.1) is 0 Å². The van der Waals surface area contributed by atoms with E-state index in [4.69, 9.17) is 28.4 Å². The number of hydrogen-bond acceptors (Lipinski definition) is 3. The average Bonchev–Trinajstić information content (AvgIpc) is 2.05. The number of Topliss-reactive ketones (excluding diaryl/α,β-unsaturated/α-hetero) is 1. The molecule has 6 heteroatoms. The third kappa shape index (κ3) is 4.33. The van der Waals surface area contributed by atoms with Crippen molar-refractivity contribution in [3.63, 3.8) is 0 Å². The molecule has 0 amide bonds. The SMILES string of the molecule is CC(=O)C(=NO)N(CCCl)CCCl. The number of oxime groups is 1. The summed E-state index contributed by atoms with van der Waals surface area (Å²) in [5, 5.41) is 11.5. The van der Waals surface area contributed by atoms with E-state index in [1.54, 1.807) is 4.90 Å². The summed E-state index contributed by atoms with van der Waals surface area (Å²) in [6, 6.07) is 0. The molecule has 0 heterocycles. The van der Waals surface area contributed by atoms with E-state index in [1.807, 2.05) is 0 Å². The molecule has 0 unspecified atom stereocenters. The minimum absolute atomic E-state index is 0.00120. The highest BCUT2D eigenvalue weighted by Crippen LogP contribution is 1.96. The van der Waals surface area contributed by atoms with Crippen molar-refractivity contribution in [2.24, 2.45) is 5.16 Å². The number of halogens is 2. The molecule has 0 bridgehead atoms. The van der Waals surface area contributed by atoms with E-state index in [-0.39, 0.29) is 11.6 Å². The van der Waals surface area contributed by atoms with E-state index < -0.39 is 0 Å². The summed E-state index contributed by atoms with van der Waals surface area (Å²) in [6.07, 6.45) is 0. The van der Waals surface area contributed by atoms with E-state index in [9.17, 15) is 4.79 Å². The van der Waals surface area contributed by atoms with Gasteiger partial charge in [-0.15, -0.1) is 23.2 Å². The molecule has 0 aromatic carbocycles. The lowest BCUT2D eigenvalue weighted by molar-refractivity contribution is -0.111. The van der Waals surface area contributed by atoms with Gasteiger partial charge in [-0.2, -0.15) is 0 Å². The molecule has 0 radical (unpaired) electrons. The van der Waals surface area contributed by atoms with Crippen molar-refractivity contribution in [2.45, 2.75) is 6.92 Å². The average molecular weight is 227 g/mol. The zero-order valence-electron chi connectivity index (χ0n) is 7.33. The van der Waals surface area contributed by atoms with Crippen molar-refractivity contribution < 1.29 is 10.0 Å². The molecular weight excluding hydrogens is 215 g/mol. The molecule has 0 aromatic rings. The van der Waals surface area contributed by atoms with Crippen LogP contribution in [0.4, 0.5) is 0 Å². The van der Waals surface area contributed by atoms with E-state index in [0.29, 0.717) is 24.8 Å². The highest BCUT2D eigenvalue weighted by Gasteiger charge is 2.15. The van der Waals surface area contributed by atoms with Crippen molar-refractivity contribution in [3.8, 4) is 0 Å². The van der Waals surface area contributed by atoms with E-state index in [2.05, 4.69) is 5.16 Å². The maximum absolute atomic E-state index is 10.9. The lowest BCUT2D eigenvalue weighted by Crippen LogP contribution is -2.38. The molecule has 4 nitrogen and oxygen atoms in total. The van der Waals surface area contributed by atoms with Crippen LogP contribution in [0.1, 0.15) is 6.92 Å². The maximum Gasteiger partial charge on any atom is 0.211 e. The lowest BCUT2D eigenvalue weighted by Gasteiger charge is -2.21. The Balaban J connectivity index is 4.39. The summed E-state index contributed by atoms with van der Waals surface area (Å²) < 4.78 is 0. The van der Waals surface area contributed by atoms with Crippen LogP contribution in [0.15, 0.2) is 5.16 Å². The van der Waals surface area contributed by atoms with Crippen molar-refractivity contribution in [1.82, 2.24) is 4.90 Å². The lowest BCUT2D eigenvalue weighted by atomic mass is 10.3. The fraction of sp³-hybridized carbons (Fsp3) is 0.714. The number of carbonyl (C=O) groups excluding carboxylic acids is 1. The standard InChI is InChI=1S/C7H12Cl2N2O2/c1-6(12)7(10-13)11(4-2-8)5-3-9/h13H,2-5H2,1H3. The summed E-state index contributed by atoms with van der Waals surface area (Å²) in [7, 11) is 0. The first-order valence-corrected chi connectivity index (χ1v) is 4.84. The Kier molecular flexibility index (Phi) is 6.72. The molecule has 0 aliphatic heterocycles. The van der Waals surface area contributed by atoms with Crippen LogP contribution < -0.4 is 0 Å². The Morgan fingerprint density at radius 3 is 2.08 bits per heavy atom. The third-order valence-electron chi connectivity index (χ3n) is 1.42. The molecule has 0 aliphatic rings. The van der Waals surface area contributed by atoms with Crippen molar-refractivity contribution in [2.75, 3.05) is 24.8 Å². The Labute approximate surface area is 87.1 Å². The second-order valence-corrected chi connectivity index (χ2v) is 3.10. The van der Waals surface area contributed by atoms with Crippen LogP contribution in [0, 0.1) is 0 Å². The summed E-state index contributed by atoms with van der Waals surface area (Å²) in [5.74, 6) is 0.394. The monoisotopic (exact) mass is 226 g/mol. The highest BCUT2D eigenvalue weighted by atomic mass is 35.5. The van der Waals surface area contributed by atoms with Crippen LogP contribution in [0.3, 0.4) is 0 Å². The molecule has 1 N–H and O–H groups in total. The molecule has 0 saturated carbocycles. The van der Waals surface area contributed by atoms with Crippen LogP contribution in [-0.4, -0.2) is 46.6 Å². The van der Waals surface area contributed by atoms with E-state index >= 15 is 0 Å². The van der Waals surface area contributed by atoms with Crippen LogP contribution in [0.5, 0.6) is 0 Å². The highest BCUT2D eigenvalue weighted by molar-refractivity contribution is 6.37. The molecular formula is C7H12Cl2N2O2. The number of ketones is 1. The largest absolute Gasteiger partial charge is 0.409 e. The molecule has 0 fully saturated rings. The zero-order chi connectivity index (χ0) is 10.3. The van der Waals surface area contributed by atoms with Gasteiger partial charge in [0.1, 0.15) is 0 Å². The first-order chi connectivity index (χ1) is 6.17. The number of alkyl halides is 2. The molecule has 0 aromatic heterocycles. The zero-order valence-corrected chi connectivity index (χ0v) is 8.85. The molecule has 13 heavy (non-hydrogen) atoms. The van der Waals surface area contributed by atoms with Gasteiger partial charge in [-0.05, 0) is 0 Å². The van der Waals surface area contributed by atoms with Gasteiger partial charge >= 0.3 is 0 Å². The van der Waals surface area contributed by atoms with Gasteiger partial charge in [0, 0.05) is 31.8 Å². The van der Waals surface area contributed by atoms with E-state index in [1.165, 1.54) is 6.92 Å². The van der Waals surface area contributed by atoms with Crippen molar-refractivity contribution >= 4 is 34.8 Å². The number of hydrogen-bond donors (Lipinski definition) is 1. The number of carbonyl (C=O) groups is 1. The number of rotatable bonds is 5. The van der Waals surface area contributed by atoms with Gasteiger partial charge in [0.2, 0.25) is 5.84 Å². The van der Waals surface area contributed by atoms with Crippen LogP contribution >= 0.6 is 23.2 Å². The Morgan fingerprint density at radius 1 is 1.38 bits per heavy atom. The second kappa shape index (κ2) is 6.97. The van der Waals surface area contributed by atoms with Gasteiger partial charge in [0.15, 0.2) is 5.78 Å².